The van der Waals surface area contributed by atoms with Gasteiger partial charge in [-0.2, -0.15) is 31.6 Å². The van der Waals surface area contributed by atoms with Crippen LogP contribution in [-0.4, -0.2) is 24.1 Å². The van der Waals surface area contributed by atoms with Crippen LogP contribution in [-0.2, 0) is 0 Å². The third-order valence-corrected chi connectivity index (χ3v) is 16.7. The molecule has 0 radical (unpaired) electrons. The highest BCUT2D eigenvalue weighted by atomic mass is 15.1. The van der Waals surface area contributed by atoms with Crippen LogP contribution < -0.4 is 0 Å². The van der Waals surface area contributed by atoms with Crippen molar-refractivity contribution < 1.29 is 0 Å². The summed E-state index contributed by atoms with van der Waals surface area (Å²) in [5, 5.41) is 65.5. The van der Waals surface area contributed by atoms with Crippen LogP contribution in [0.4, 0.5) is 22.7 Å². The number of nitrogens with zero attached hydrogens (tertiary/aromatic N) is 15. The molecule has 0 fully saturated rings. The number of aromatic nitrogens is 5. The van der Waals surface area contributed by atoms with Gasteiger partial charge in [0.05, 0.1) is 107 Å². The Labute approximate surface area is 537 Å². The maximum absolute atomic E-state index is 10.8. The molecule has 14 rings (SSSR count). The molecule has 0 aliphatic carbocycles. The molecule has 0 aliphatic heterocycles. The summed E-state index contributed by atoms with van der Waals surface area (Å²) >= 11 is 0. The van der Waals surface area contributed by atoms with Gasteiger partial charge in [0, 0.05) is 60.5 Å². The molecule has 0 N–H and O–H groups in total. The van der Waals surface area contributed by atoms with Gasteiger partial charge in [0.2, 0.25) is 0 Å². The van der Waals surface area contributed by atoms with Crippen molar-refractivity contribution in [1.82, 2.24) is 24.1 Å². The predicted octanol–water partition coefficient (Wildman–Crippen LogP) is 19.2. The van der Waals surface area contributed by atoms with Crippen molar-refractivity contribution in [2.75, 3.05) is 0 Å². The third-order valence-electron chi connectivity index (χ3n) is 16.7. The Hall–Kier alpha value is -15.1. The summed E-state index contributed by atoms with van der Waals surface area (Å²) in [7, 11) is 0. The summed E-state index contributed by atoms with van der Waals surface area (Å²) in [5.74, 6) is 0.530. The Morgan fingerprint density at radius 2 is 0.638 bits per heavy atom. The molecule has 94 heavy (non-hydrogen) atoms. The molecule has 0 unspecified atom stereocenters. The van der Waals surface area contributed by atoms with Gasteiger partial charge in [-0.15, -0.1) is 0 Å². The van der Waals surface area contributed by atoms with Gasteiger partial charge in [0.15, 0.2) is 40.2 Å². The number of hydrogen-bond donors (Lipinski definition) is 0. The Morgan fingerprint density at radius 1 is 0.287 bits per heavy atom. The highest BCUT2D eigenvalue weighted by Gasteiger charge is 2.26. The zero-order valence-corrected chi connectivity index (χ0v) is 48.9. The quantitative estimate of drug-likeness (QED) is 0.126. The first-order chi connectivity index (χ1) is 46.1. The summed E-state index contributed by atoms with van der Waals surface area (Å²) < 4.78 is 4.07. The average molecular weight is 1190 g/mol. The summed E-state index contributed by atoms with van der Waals surface area (Å²) in [6.07, 6.45) is 0. The van der Waals surface area contributed by atoms with E-state index in [2.05, 4.69) is 55.8 Å². The Kier molecular flexibility index (Phi) is 14.0. The van der Waals surface area contributed by atoms with Gasteiger partial charge < -0.3 is 9.13 Å². The van der Waals surface area contributed by atoms with Crippen LogP contribution in [0, 0.1) is 94.3 Å². The Morgan fingerprint density at radius 3 is 1.00 bits per heavy atom. The first kappa shape index (κ1) is 56.7. The highest BCUT2D eigenvalue weighted by molar-refractivity contribution is 6.13. The first-order valence-electron chi connectivity index (χ1n) is 28.9. The van der Waals surface area contributed by atoms with Crippen LogP contribution in [0.25, 0.3) is 153 Å². The van der Waals surface area contributed by atoms with E-state index < -0.39 is 0 Å². The molecule has 3 aromatic heterocycles. The summed E-state index contributed by atoms with van der Waals surface area (Å²) in [6, 6.07) is 76.8. The van der Waals surface area contributed by atoms with Crippen molar-refractivity contribution in [2.45, 2.75) is 0 Å². The maximum Gasteiger partial charge on any atom is 0.196 e. The predicted molar refractivity (Wildman–Crippen MR) is 360 cm³/mol. The minimum atomic E-state index is 0.140. The van der Waals surface area contributed by atoms with Crippen molar-refractivity contribution in [3.05, 3.63) is 291 Å². The fourth-order valence-electron chi connectivity index (χ4n) is 12.3. The molecule has 0 atom stereocenters. The number of rotatable bonds is 9. The van der Waals surface area contributed by atoms with Crippen LogP contribution in [0.5, 0.6) is 0 Å². The Bertz CT molecular complexity index is 5520. The van der Waals surface area contributed by atoms with Gasteiger partial charge in [0.1, 0.15) is 0 Å². The van der Waals surface area contributed by atoms with Crippen molar-refractivity contribution in [2.24, 2.45) is 0 Å². The summed E-state index contributed by atoms with van der Waals surface area (Å²) in [6.45, 7) is 31.7. The normalized spacial score (nSPS) is 10.7. The second-order valence-corrected chi connectivity index (χ2v) is 21.8. The molecular weight excluding hydrogens is 1160 g/mol. The summed E-state index contributed by atoms with van der Waals surface area (Å²) in [4.78, 5) is 30.8. The molecule has 0 aliphatic rings. The van der Waals surface area contributed by atoms with E-state index in [1.54, 1.807) is 97.1 Å². The molecule has 0 amide bonds. The summed E-state index contributed by atoms with van der Waals surface area (Å²) in [5.41, 5.74) is 13.3. The minimum absolute atomic E-state index is 0.140. The fourth-order valence-corrected chi connectivity index (χ4v) is 12.3. The van der Waals surface area contributed by atoms with Gasteiger partial charge in [-0.05, 0) is 142 Å². The zero-order valence-electron chi connectivity index (χ0n) is 48.9. The van der Waals surface area contributed by atoms with E-state index in [4.69, 9.17) is 41.2 Å². The lowest BCUT2D eigenvalue weighted by atomic mass is 9.98. The molecule has 15 heteroatoms. The lowest BCUT2D eigenvalue weighted by molar-refractivity contribution is 1.06. The lowest BCUT2D eigenvalue weighted by Gasteiger charge is -2.17. The second kappa shape index (κ2) is 23.2. The molecule has 426 valence electrons. The van der Waals surface area contributed by atoms with Crippen LogP contribution in [0.2, 0.25) is 0 Å². The standard InChI is InChI=1S/C79H35N15/c1-86-57-18-26-59(55(34-57)44-84)51-14-22-63-65-24-16-53(61-20-10-48(42-82)32-69(61)88-3)38-75(65)93(73(63)36-51)71-28-12-46(40-80)30-67(71)78-90-77(50-8-6-5-7-9-50)91-79(92-78)68-31-47(41-81)13-29-72(68)94-74-37-52(60-27-19-58(87-2)35-56(60)45-85)15-23-64(74)66-25-17-54(39-76(66)94)62-21-11-49(43-83)33-70(62)89-4/h5-39H. The Balaban J connectivity index is 1.07. The van der Waals surface area contributed by atoms with Crippen LogP contribution in [0.1, 0.15) is 33.4 Å². The molecular formula is C79H35N15. The van der Waals surface area contributed by atoms with Crippen molar-refractivity contribution >= 4 is 66.4 Å². The zero-order chi connectivity index (χ0) is 64.7. The molecule has 0 saturated heterocycles. The van der Waals surface area contributed by atoms with E-state index in [9.17, 15) is 31.6 Å². The molecule has 0 saturated carbocycles. The highest BCUT2D eigenvalue weighted by Crippen LogP contribution is 2.45. The number of fused-ring (bicyclic) bond motifs is 6. The number of benzene rings is 11. The van der Waals surface area contributed by atoms with Gasteiger partial charge in [-0.3, -0.25) is 0 Å². The average Bonchev–Trinajstić information content (AvgIpc) is 1.57. The molecule has 3 heterocycles. The van der Waals surface area contributed by atoms with Crippen LogP contribution in [0.15, 0.2) is 212 Å². The molecule has 11 aromatic carbocycles. The largest absolute Gasteiger partial charge is 0.308 e. The van der Waals surface area contributed by atoms with Gasteiger partial charge >= 0.3 is 0 Å². The van der Waals surface area contributed by atoms with Gasteiger partial charge in [-0.25, -0.2) is 34.3 Å². The van der Waals surface area contributed by atoms with E-state index in [0.717, 1.165) is 21.5 Å². The van der Waals surface area contributed by atoms with Crippen LogP contribution >= 0.6 is 0 Å². The number of nitriles is 6. The lowest BCUT2D eigenvalue weighted by Crippen LogP contribution is -2.06. The smallest absolute Gasteiger partial charge is 0.196 e. The van der Waals surface area contributed by atoms with E-state index in [-0.39, 0.29) is 40.0 Å². The second-order valence-electron chi connectivity index (χ2n) is 21.8. The topological polar surface area (TPSA) is 209 Å². The molecule has 0 bridgehead atoms. The van der Waals surface area contributed by atoms with E-state index >= 15 is 0 Å². The molecule has 0 spiro atoms. The fraction of sp³-hybridized carbons (Fsp3) is 0. The van der Waals surface area contributed by atoms with Crippen molar-refractivity contribution in [3.63, 3.8) is 0 Å². The van der Waals surface area contributed by atoms with E-state index in [0.29, 0.717) is 128 Å². The monoisotopic (exact) mass is 1190 g/mol. The third kappa shape index (κ3) is 9.60. The maximum atomic E-state index is 10.8. The molecule has 15 nitrogen and oxygen atoms in total. The SMILES string of the molecule is [C-]#[N+]c1ccc(-c2ccc3c4ccc(-c5ccc(C#N)cc5[N+]#[C-])cc4n(-c4ccc(C#N)cc4-c4nc(-c5ccccc5)nc(-c5cc(C#N)ccc5-n5c6cc(-c7ccc([N+]#[C-])cc7C#N)ccc6c6ccc(-c7ccc(C#N)cc7[N+]#[C-])cc65)n4)c3c2)c(C#N)c1. The van der Waals surface area contributed by atoms with Crippen LogP contribution in [0.3, 0.4) is 0 Å². The molecule has 14 aromatic rings. The van der Waals surface area contributed by atoms with Gasteiger partial charge in [0.25, 0.3) is 0 Å². The van der Waals surface area contributed by atoms with Crippen molar-refractivity contribution in [3.8, 4) is 126 Å². The van der Waals surface area contributed by atoms with Crippen molar-refractivity contribution in [1.29, 1.82) is 31.6 Å². The van der Waals surface area contributed by atoms with E-state index in [1.807, 2.05) is 124 Å². The van der Waals surface area contributed by atoms with Gasteiger partial charge in [-0.1, -0.05) is 115 Å². The minimum Gasteiger partial charge on any atom is -0.308 e. The first-order valence-corrected chi connectivity index (χ1v) is 28.9. The van der Waals surface area contributed by atoms with E-state index in [1.165, 1.54) is 0 Å². The number of hydrogen-bond acceptors (Lipinski definition) is 9.